The number of hydrogen-bond donors (Lipinski definition) is 2. The molecule has 0 unspecified atom stereocenters. The number of benzene rings is 1. The normalized spacial score (nSPS) is 21.7. The maximum absolute atomic E-state index is 13.3. The van der Waals surface area contributed by atoms with Crippen LogP contribution in [-0.4, -0.2) is 49.0 Å². The molecule has 2 atom stereocenters. The van der Waals surface area contributed by atoms with Gasteiger partial charge in [-0.3, -0.25) is 9.59 Å². The molecule has 8 heteroatoms. The van der Waals surface area contributed by atoms with E-state index in [-0.39, 0.29) is 17.8 Å². The van der Waals surface area contributed by atoms with Gasteiger partial charge in [0, 0.05) is 43.9 Å². The molecular formula is C22H32ClN3O4. The van der Waals surface area contributed by atoms with Gasteiger partial charge in [0.1, 0.15) is 11.6 Å². The van der Waals surface area contributed by atoms with Gasteiger partial charge in [0.25, 0.3) is 0 Å². The van der Waals surface area contributed by atoms with Gasteiger partial charge in [-0.25, -0.2) is 4.79 Å². The molecule has 1 saturated heterocycles. The van der Waals surface area contributed by atoms with Crippen molar-refractivity contribution in [3.8, 4) is 0 Å². The van der Waals surface area contributed by atoms with E-state index in [1.165, 1.54) is 14.0 Å². The minimum absolute atomic E-state index is 0.0747. The highest BCUT2D eigenvalue weighted by Gasteiger charge is 2.54. The lowest BCUT2D eigenvalue weighted by Gasteiger charge is -2.53. The van der Waals surface area contributed by atoms with Crippen LogP contribution in [0.3, 0.4) is 0 Å². The summed E-state index contributed by atoms with van der Waals surface area (Å²) in [5.74, 6) is -0.595. The highest BCUT2D eigenvalue weighted by molar-refractivity contribution is 6.30. The van der Waals surface area contributed by atoms with Crippen molar-refractivity contribution in [1.29, 1.82) is 0 Å². The molecule has 0 bridgehead atoms. The molecule has 1 aromatic rings. The van der Waals surface area contributed by atoms with E-state index in [1.807, 2.05) is 39.8 Å². The molecule has 2 N–H and O–H groups in total. The Morgan fingerprint density at radius 3 is 2.23 bits per heavy atom. The molecule has 30 heavy (non-hydrogen) atoms. The number of urea groups is 1. The second-order valence-corrected chi connectivity index (χ2v) is 9.20. The molecule has 166 valence electrons. The molecular weight excluding hydrogens is 406 g/mol. The first-order valence-corrected chi connectivity index (χ1v) is 10.5. The Bertz CT molecular complexity index is 794. The third kappa shape index (κ3) is 4.89. The summed E-state index contributed by atoms with van der Waals surface area (Å²) in [6, 6.07) is 6.25. The molecule has 1 heterocycles. The molecule has 0 radical (unpaired) electrons. The molecule has 7 nitrogen and oxygen atoms in total. The number of carbonyl (C=O) groups excluding carboxylic acids is 3. The third-order valence-electron chi connectivity index (χ3n) is 5.80. The Hall–Kier alpha value is -2.28. The van der Waals surface area contributed by atoms with Crippen LogP contribution >= 0.6 is 11.6 Å². The summed E-state index contributed by atoms with van der Waals surface area (Å²) in [5.41, 5.74) is -0.612. The zero-order valence-corrected chi connectivity index (χ0v) is 19.3. The van der Waals surface area contributed by atoms with Crippen molar-refractivity contribution in [3.05, 3.63) is 34.9 Å². The highest BCUT2D eigenvalue weighted by Crippen LogP contribution is 2.49. The molecule has 0 aromatic heterocycles. The fourth-order valence-corrected chi connectivity index (χ4v) is 4.30. The Morgan fingerprint density at radius 1 is 1.17 bits per heavy atom. The number of carbonyl (C=O) groups is 3. The van der Waals surface area contributed by atoms with E-state index >= 15 is 0 Å². The molecule has 3 amide bonds. The number of rotatable bonds is 5. The minimum atomic E-state index is -0.887. The number of hydrogen-bond acceptors (Lipinski definition) is 4. The van der Waals surface area contributed by atoms with Gasteiger partial charge in [-0.2, -0.15) is 0 Å². The van der Waals surface area contributed by atoms with Crippen LogP contribution in [0.2, 0.25) is 5.02 Å². The zero-order valence-electron chi connectivity index (χ0n) is 18.5. The molecule has 1 aliphatic heterocycles. The largest absolute Gasteiger partial charge is 0.454 e. The van der Waals surface area contributed by atoms with Gasteiger partial charge in [-0.05, 0) is 23.6 Å². The van der Waals surface area contributed by atoms with Crippen molar-refractivity contribution >= 4 is 29.5 Å². The average molecular weight is 438 g/mol. The van der Waals surface area contributed by atoms with E-state index in [2.05, 4.69) is 10.6 Å². The summed E-state index contributed by atoms with van der Waals surface area (Å²) in [7, 11) is 1.51. The molecule has 1 fully saturated rings. The number of ether oxygens (including phenoxy) is 1. The van der Waals surface area contributed by atoms with E-state index in [0.717, 1.165) is 5.56 Å². The molecule has 1 aromatic carbocycles. The number of piperidine rings is 1. The van der Waals surface area contributed by atoms with Crippen LogP contribution in [0.5, 0.6) is 0 Å². The Kier molecular flexibility index (Phi) is 7.40. The van der Waals surface area contributed by atoms with Crippen molar-refractivity contribution in [1.82, 2.24) is 15.5 Å². The van der Waals surface area contributed by atoms with Crippen molar-refractivity contribution < 1.29 is 19.1 Å². The standard InChI is InChI=1S/C22H32ClN3O4/c1-14(2)18(25-20(29)24-6)19(28)26-12-11-22(30-15(3)27,21(4,5)13-26)16-7-9-17(23)10-8-16/h7-10,14,18H,11-13H2,1-6H3,(H2,24,25,29)/t18-,22+/m1/s1. The lowest BCUT2D eigenvalue weighted by Crippen LogP contribution is -2.62. The van der Waals surface area contributed by atoms with Crippen LogP contribution in [0.25, 0.3) is 0 Å². The first kappa shape index (κ1) is 24.0. The monoisotopic (exact) mass is 437 g/mol. The smallest absolute Gasteiger partial charge is 0.315 e. The second kappa shape index (κ2) is 9.25. The topological polar surface area (TPSA) is 87.7 Å². The Balaban J connectivity index is 2.35. The summed E-state index contributed by atoms with van der Waals surface area (Å²) in [6.45, 7) is 9.93. The number of nitrogens with one attached hydrogen (secondary N) is 2. The van der Waals surface area contributed by atoms with E-state index < -0.39 is 23.1 Å². The van der Waals surface area contributed by atoms with Crippen molar-refractivity contribution in [2.75, 3.05) is 20.1 Å². The van der Waals surface area contributed by atoms with Crippen LogP contribution in [0, 0.1) is 11.3 Å². The number of nitrogens with zero attached hydrogens (tertiary/aromatic N) is 1. The molecule has 0 saturated carbocycles. The minimum Gasteiger partial charge on any atom is -0.454 e. The van der Waals surface area contributed by atoms with Crippen LogP contribution in [0.1, 0.15) is 46.6 Å². The first-order chi connectivity index (χ1) is 13.9. The van der Waals surface area contributed by atoms with Gasteiger partial charge in [0.2, 0.25) is 5.91 Å². The fraction of sp³-hybridized carbons (Fsp3) is 0.591. The maximum atomic E-state index is 13.3. The number of amides is 3. The number of likely N-dealkylation sites (tertiary alicyclic amines) is 1. The van der Waals surface area contributed by atoms with Gasteiger partial charge in [0.15, 0.2) is 0 Å². The Labute approximate surface area is 183 Å². The van der Waals surface area contributed by atoms with Crippen molar-refractivity contribution in [2.24, 2.45) is 11.3 Å². The van der Waals surface area contributed by atoms with E-state index in [1.54, 1.807) is 17.0 Å². The van der Waals surface area contributed by atoms with Gasteiger partial charge in [-0.15, -0.1) is 0 Å². The van der Waals surface area contributed by atoms with Crippen molar-refractivity contribution in [2.45, 2.75) is 52.7 Å². The summed E-state index contributed by atoms with van der Waals surface area (Å²) in [6.07, 6.45) is 0.442. The van der Waals surface area contributed by atoms with Crippen LogP contribution < -0.4 is 10.6 Å². The van der Waals surface area contributed by atoms with E-state index in [0.29, 0.717) is 24.5 Å². The predicted molar refractivity (Wildman–Crippen MR) is 116 cm³/mol. The van der Waals surface area contributed by atoms with Crippen LogP contribution in [0.15, 0.2) is 24.3 Å². The van der Waals surface area contributed by atoms with Gasteiger partial charge < -0.3 is 20.3 Å². The summed E-state index contributed by atoms with van der Waals surface area (Å²) in [4.78, 5) is 38.8. The summed E-state index contributed by atoms with van der Waals surface area (Å²) >= 11 is 6.06. The second-order valence-electron chi connectivity index (χ2n) is 8.77. The number of halogens is 1. The lowest BCUT2D eigenvalue weighted by atomic mass is 9.66. The van der Waals surface area contributed by atoms with E-state index in [4.69, 9.17) is 16.3 Å². The van der Waals surface area contributed by atoms with Crippen LogP contribution in [0.4, 0.5) is 4.79 Å². The van der Waals surface area contributed by atoms with Gasteiger partial charge in [0.05, 0.1) is 0 Å². The number of esters is 1. The fourth-order valence-electron chi connectivity index (χ4n) is 4.17. The Morgan fingerprint density at radius 2 is 1.77 bits per heavy atom. The molecule has 0 aliphatic carbocycles. The van der Waals surface area contributed by atoms with Crippen LogP contribution in [-0.2, 0) is 19.9 Å². The third-order valence-corrected chi connectivity index (χ3v) is 6.05. The molecule has 2 rings (SSSR count). The SMILES string of the molecule is CNC(=O)N[C@@H](C(=O)N1CC[C@](OC(C)=O)(c2ccc(Cl)cc2)C(C)(C)C1)C(C)C. The van der Waals surface area contributed by atoms with Crippen molar-refractivity contribution in [3.63, 3.8) is 0 Å². The molecule has 0 spiro atoms. The predicted octanol–water partition coefficient (Wildman–Crippen LogP) is 3.31. The first-order valence-electron chi connectivity index (χ1n) is 10.2. The average Bonchev–Trinajstić information content (AvgIpc) is 2.66. The van der Waals surface area contributed by atoms with E-state index in [9.17, 15) is 14.4 Å². The maximum Gasteiger partial charge on any atom is 0.315 e. The van der Waals surface area contributed by atoms with Gasteiger partial charge >= 0.3 is 12.0 Å². The van der Waals surface area contributed by atoms with Gasteiger partial charge in [-0.1, -0.05) is 51.4 Å². The summed E-state index contributed by atoms with van der Waals surface area (Å²) in [5, 5.41) is 5.84. The molecule has 1 aliphatic rings. The zero-order chi connectivity index (χ0) is 22.7. The lowest BCUT2D eigenvalue weighted by molar-refractivity contribution is -0.190. The highest BCUT2D eigenvalue weighted by atomic mass is 35.5. The summed E-state index contributed by atoms with van der Waals surface area (Å²) < 4.78 is 5.94. The quantitative estimate of drug-likeness (QED) is 0.692.